The van der Waals surface area contributed by atoms with E-state index in [4.69, 9.17) is 4.74 Å². The van der Waals surface area contributed by atoms with Gasteiger partial charge in [0.1, 0.15) is 5.60 Å². The zero-order valence-electron chi connectivity index (χ0n) is 11.7. The smallest absolute Gasteiger partial charge is 0.334 e. The van der Waals surface area contributed by atoms with E-state index in [2.05, 4.69) is 6.58 Å². The van der Waals surface area contributed by atoms with Gasteiger partial charge < -0.3 is 4.74 Å². The molecule has 1 saturated carbocycles. The van der Waals surface area contributed by atoms with E-state index in [0.717, 1.165) is 0 Å². The van der Waals surface area contributed by atoms with Crippen LogP contribution in [0.2, 0.25) is 0 Å². The van der Waals surface area contributed by atoms with E-state index >= 15 is 0 Å². The van der Waals surface area contributed by atoms with E-state index < -0.39 is 0 Å². The molecule has 1 aliphatic carbocycles. The second-order valence-electron chi connectivity index (χ2n) is 6.01. The minimum Gasteiger partial charge on any atom is -0.456 e. The van der Waals surface area contributed by atoms with Crippen molar-refractivity contribution in [1.82, 2.24) is 0 Å². The third-order valence-electron chi connectivity index (χ3n) is 3.90. The van der Waals surface area contributed by atoms with Gasteiger partial charge in [-0.15, -0.1) is 0 Å². The molecule has 0 spiro atoms. The van der Waals surface area contributed by atoms with Gasteiger partial charge >= 0.3 is 5.97 Å². The maximum Gasteiger partial charge on any atom is 0.334 e. The van der Waals surface area contributed by atoms with E-state index in [1.54, 1.807) is 0 Å². The molecule has 0 aromatic rings. The molecule has 0 atom stereocenters. The first-order chi connectivity index (χ1) is 7.84. The third-order valence-corrected chi connectivity index (χ3v) is 3.90. The van der Waals surface area contributed by atoms with Crippen molar-refractivity contribution in [1.29, 1.82) is 0 Å². The van der Waals surface area contributed by atoms with Crippen LogP contribution in [0.1, 0.15) is 59.8 Å². The molecule has 0 aliphatic heterocycles. The fourth-order valence-corrected chi connectivity index (χ4v) is 2.42. The number of hydrogen-bond donors (Lipinski definition) is 0. The lowest BCUT2D eigenvalue weighted by Crippen LogP contribution is -2.38. The minimum absolute atomic E-state index is 0.157. The van der Waals surface area contributed by atoms with Crippen LogP contribution >= 0.6 is 0 Å². The number of carbonyl (C=O) groups is 1. The Balaban J connectivity index is 2.58. The molecule has 1 rings (SSSR count). The van der Waals surface area contributed by atoms with Gasteiger partial charge in [0, 0.05) is 5.57 Å². The summed E-state index contributed by atoms with van der Waals surface area (Å²) in [4.78, 5) is 11.9. The monoisotopic (exact) mass is 238 g/mol. The van der Waals surface area contributed by atoms with Gasteiger partial charge in [-0.3, -0.25) is 0 Å². The van der Waals surface area contributed by atoms with Crippen molar-refractivity contribution in [2.45, 2.75) is 65.4 Å². The Morgan fingerprint density at radius 1 is 1.24 bits per heavy atom. The molecule has 0 unspecified atom stereocenters. The SMILES string of the molecule is C=C(C(=O)OC(C)(C)C1CCCCC1)C(C)C. The summed E-state index contributed by atoms with van der Waals surface area (Å²) in [6, 6.07) is 0. The number of hydrogen-bond acceptors (Lipinski definition) is 2. The Hall–Kier alpha value is -0.790. The van der Waals surface area contributed by atoms with Gasteiger partial charge in [0.2, 0.25) is 0 Å². The molecular weight excluding hydrogens is 212 g/mol. The molecule has 0 heterocycles. The van der Waals surface area contributed by atoms with Crippen LogP contribution in [-0.4, -0.2) is 11.6 Å². The van der Waals surface area contributed by atoms with Crippen LogP contribution in [0.25, 0.3) is 0 Å². The summed E-state index contributed by atoms with van der Waals surface area (Å²) in [6.07, 6.45) is 6.19. The van der Waals surface area contributed by atoms with Gasteiger partial charge in [0.25, 0.3) is 0 Å². The van der Waals surface area contributed by atoms with E-state index in [1.807, 2.05) is 27.7 Å². The molecule has 0 saturated heterocycles. The average Bonchev–Trinajstić information content (AvgIpc) is 2.28. The van der Waals surface area contributed by atoms with Crippen molar-refractivity contribution in [3.63, 3.8) is 0 Å². The molecule has 0 amide bonds. The van der Waals surface area contributed by atoms with Crippen LogP contribution in [-0.2, 0) is 9.53 Å². The molecule has 0 radical (unpaired) electrons. The zero-order valence-corrected chi connectivity index (χ0v) is 11.7. The molecule has 0 bridgehead atoms. The summed E-state index contributed by atoms with van der Waals surface area (Å²) in [7, 11) is 0. The van der Waals surface area contributed by atoms with Crippen LogP contribution in [0.5, 0.6) is 0 Å². The summed E-state index contributed by atoms with van der Waals surface area (Å²) >= 11 is 0. The number of rotatable bonds is 4. The molecule has 2 nitrogen and oxygen atoms in total. The fourth-order valence-electron chi connectivity index (χ4n) is 2.42. The van der Waals surface area contributed by atoms with E-state index in [-0.39, 0.29) is 17.5 Å². The Morgan fingerprint density at radius 2 is 1.76 bits per heavy atom. The first-order valence-corrected chi connectivity index (χ1v) is 6.76. The summed E-state index contributed by atoms with van der Waals surface area (Å²) < 4.78 is 5.66. The third kappa shape index (κ3) is 3.86. The summed E-state index contributed by atoms with van der Waals surface area (Å²) in [5, 5.41) is 0. The van der Waals surface area contributed by atoms with Gasteiger partial charge in [0.15, 0.2) is 0 Å². The second kappa shape index (κ2) is 5.70. The predicted molar refractivity (Wildman–Crippen MR) is 70.7 cm³/mol. The lowest BCUT2D eigenvalue weighted by molar-refractivity contribution is -0.158. The van der Waals surface area contributed by atoms with E-state index in [0.29, 0.717) is 11.5 Å². The lowest BCUT2D eigenvalue weighted by atomic mass is 9.78. The molecular formula is C15H26O2. The summed E-state index contributed by atoms with van der Waals surface area (Å²) in [6.45, 7) is 11.8. The highest BCUT2D eigenvalue weighted by molar-refractivity contribution is 5.88. The minimum atomic E-state index is -0.352. The first kappa shape index (κ1) is 14.3. The largest absolute Gasteiger partial charge is 0.456 e. The molecule has 0 aromatic heterocycles. The fraction of sp³-hybridized carbons (Fsp3) is 0.800. The van der Waals surface area contributed by atoms with Crippen molar-refractivity contribution in [3.8, 4) is 0 Å². The van der Waals surface area contributed by atoms with Gasteiger partial charge in [-0.05, 0) is 38.5 Å². The Morgan fingerprint density at radius 3 is 2.24 bits per heavy atom. The number of esters is 1. The molecule has 0 aromatic carbocycles. The van der Waals surface area contributed by atoms with Crippen molar-refractivity contribution in [2.75, 3.05) is 0 Å². The molecule has 1 aliphatic rings. The lowest BCUT2D eigenvalue weighted by Gasteiger charge is -2.36. The number of carbonyl (C=O) groups excluding carboxylic acids is 1. The van der Waals surface area contributed by atoms with Crippen molar-refractivity contribution < 1.29 is 9.53 Å². The quantitative estimate of drug-likeness (QED) is 0.544. The Kier molecular flexibility index (Phi) is 4.79. The topological polar surface area (TPSA) is 26.3 Å². The first-order valence-electron chi connectivity index (χ1n) is 6.76. The highest BCUT2D eigenvalue weighted by atomic mass is 16.6. The molecule has 2 heteroatoms. The van der Waals surface area contributed by atoms with Gasteiger partial charge in [-0.2, -0.15) is 0 Å². The maximum absolute atomic E-state index is 11.9. The van der Waals surface area contributed by atoms with Crippen LogP contribution in [0.3, 0.4) is 0 Å². The zero-order chi connectivity index (χ0) is 13.1. The standard InChI is InChI=1S/C15H26O2/c1-11(2)12(3)14(16)17-15(4,5)13-9-7-6-8-10-13/h11,13H,3,6-10H2,1-2,4-5H3. The predicted octanol–water partition coefficient (Wildman–Crippen LogP) is 4.10. The normalized spacial score (nSPS) is 18.2. The Bertz CT molecular complexity index is 283. The van der Waals surface area contributed by atoms with Crippen molar-refractivity contribution in [3.05, 3.63) is 12.2 Å². The van der Waals surface area contributed by atoms with Crippen LogP contribution < -0.4 is 0 Å². The molecule has 98 valence electrons. The van der Waals surface area contributed by atoms with E-state index in [1.165, 1.54) is 32.1 Å². The number of ether oxygens (including phenoxy) is 1. The molecule has 1 fully saturated rings. The second-order valence-corrected chi connectivity index (χ2v) is 6.01. The van der Waals surface area contributed by atoms with Gasteiger partial charge in [-0.25, -0.2) is 4.79 Å². The maximum atomic E-state index is 11.9. The van der Waals surface area contributed by atoms with Crippen LogP contribution in [0.15, 0.2) is 12.2 Å². The van der Waals surface area contributed by atoms with Crippen LogP contribution in [0, 0.1) is 11.8 Å². The van der Waals surface area contributed by atoms with Crippen LogP contribution in [0.4, 0.5) is 0 Å². The van der Waals surface area contributed by atoms with E-state index in [9.17, 15) is 4.79 Å². The Labute approximate surface area is 105 Å². The van der Waals surface area contributed by atoms with Gasteiger partial charge in [0.05, 0.1) is 0 Å². The molecule has 17 heavy (non-hydrogen) atoms. The highest BCUT2D eigenvalue weighted by Crippen LogP contribution is 2.35. The summed E-state index contributed by atoms with van der Waals surface area (Å²) in [5.41, 5.74) is 0.226. The summed E-state index contributed by atoms with van der Waals surface area (Å²) in [5.74, 6) is 0.431. The average molecular weight is 238 g/mol. The highest BCUT2D eigenvalue weighted by Gasteiger charge is 2.34. The molecule has 0 N–H and O–H groups in total. The van der Waals surface area contributed by atoms with Gasteiger partial charge in [-0.1, -0.05) is 39.7 Å². The van der Waals surface area contributed by atoms with Crippen molar-refractivity contribution >= 4 is 5.97 Å². The van der Waals surface area contributed by atoms with Crippen molar-refractivity contribution in [2.24, 2.45) is 11.8 Å².